The molecule has 0 radical (unpaired) electrons. The van der Waals surface area contributed by atoms with Gasteiger partial charge in [0, 0.05) is 31.2 Å². The van der Waals surface area contributed by atoms with Crippen LogP contribution in [0.1, 0.15) is 17.7 Å². The maximum atomic E-state index is 12.3. The first-order chi connectivity index (χ1) is 14.4. The van der Waals surface area contributed by atoms with Gasteiger partial charge >= 0.3 is 10.8 Å². The van der Waals surface area contributed by atoms with E-state index in [2.05, 4.69) is 0 Å². The van der Waals surface area contributed by atoms with Crippen LogP contribution in [0.4, 0.5) is 0 Å². The first kappa shape index (κ1) is 21.6. The van der Waals surface area contributed by atoms with E-state index in [1.54, 1.807) is 19.5 Å². The van der Waals surface area contributed by atoms with Crippen LogP contribution in [0.25, 0.3) is 10.8 Å². The van der Waals surface area contributed by atoms with Crippen LogP contribution in [0.15, 0.2) is 46.6 Å². The number of ether oxygens (including phenoxy) is 2. The van der Waals surface area contributed by atoms with Crippen LogP contribution in [0, 0.1) is 6.92 Å². The van der Waals surface area contributed by atoms with Gasteiger partial charge < -0.3 is 18.9 Å². The molecule has 3 rings (SSSR count). The van der Waals surface area contributed by atoms with Crippen molar-refractivity contribution in [3.8, 4) is 5.75 Å². The number of amides is 1. The predicted molar refractivity (Wildman–Crippen MR) is 116 cm³/mol. The lowest BCUT2D eigenvalue weighted by molar-refractivity contribution is -0.151. The molecule has 0 aliphatic heterocycles. The maximum Gasteiger partial charge on any atom is 0.308 e. The summed E-state index contributed by atoms with van der Waals surface area (Å²) in [6, 6.07) is 11.8. The Hall–Kier alpha value is -3.13. The lowest BCUT2D eigenvalue weighted by Gasteiger charge is -2.17. The van der Waals surface area contributed by atoms with Crippen molar-refractivity contribution in [3.63, 3.8) is 0 Å². The summed E-state index contributed by atoms with van der Waals surface area (Å²) < 4.78 is 11.8. The quantitative estimate of drug-likeness (QED) is 0.516. The number of aryl methyl sites for hydroxylation is 1. The highest BCUT2D eigenvalue weighted by molar-refractivity contribution is 7.07. The fourth-order valence-corrected chi connectivity index (χ4v) is 3.82. The van der Waals surface area contributed by atoms with Gasteiger partial charge in [-0.1, -0.05) is 29.5 Å². The summed E-state index contributed by atoms with van der Waals surface area (Å²) in [5.74, 6) is -0.000595. The second-order valence-electron chi connectivity index (χ2n) is 7.00. The van der Waals surface area contributed by atoms with Crippen molar-refractivity contribution in [1.82, 2.24) is 9.47 Å². The topological polar surface area (TPSA) is 77.8 Å². The Kier molecular flexibility index (Phi) is 6.89. The molecule has 1 heterocycles. The molecule has 8 heteroatoms. The van der Waals surface area contributed by atoms with Crippen LogP contribution < -0.4 is 9.61 Å². The van der Waals surface area contributed by atoms with Crippen molar-refractivity contribution < 1.29 is 19.1 Å². The van der Waals surface area contributed by atoms with Gasteiger partial charge in [-0.15, -0.1) is 0 Å². The number of likely N-dealkylation sites (N-methyl/N-ethyl adjacent to an activating group) is 1. The van der Waals surface area contributed by atoms with Crippen LogP contribution in [-0.4, -0.2) is 42.1 Å². The molecule has 30 heavy (non-hydrogen) atoms. The van der Waals surface area contributed by atoms with Crippen molar-refractivity contribution in [2.75, 3.05) is 20.8 Å². The standard InChI is InChI=1S/C22H24N2O5S/c1-15-14-30-22(27)24(15)9-8-21(26)29-13-20(25)23(2)12-16-4-5-18-11-19(28-3)7-6-17(18)10-16/h4-7,10-11,14H,8-9,12-13H2,1-3H3. The molecule has 0 bridgehead atoms. The highest BCUT2D eigenvalue weighted by Gasteiger charge is 2.14. The van der Waals surface area contributed by atoms with E-state index in [9.17, 15) is 14.4 Å². The molecule has 0 unspecified atom stereocenters. The molecule has 2 aromatic carbocycles. The van der Waals surface area contributed by atoms with Gasteiger partial charge in [0.05, 0.1) is 13.5 Å². The van der Waals surface area contributed by atoms with Gasteiger partial charge in [0.1, 0.15) is 5.75 Å². The number of methoxy groups -OCH3 is 1. The second-order valence-corrected chi connectivity index (χ2v) is 7.82. The van der Waals surface area contributed by atoms with Gasteiger partial charge in [-0.3, -0.25) is 14.4 Å². The number of aromatic nitrogens is 1. The highest BCUT2D eigenvalue weighted by atomic mass is 32.1. The molecule has 0 saturated heterocycles. The minimum absolute atomic E-state index is 0.0443. The van der Waals surface area contributed by atoms with E-state index in [0.717, 1.165) is 39.1 Å². The average molecular weight is 429 g/mol. The number of esters is 1. The lowest BCUT2D eigenvalue weighted by atomic mass is 10.1. The predicted octanol–water partition coefficient (Wildman–Crippen LogP) is 2.97. The highest BCUT2D eigenvalue weighted by Crippen LogP contribution is 2.22. The van der Waals surface area contributed by atoms with E-state index in [0.29, 0.717) is 6.54 Å². The number of hydrogen-bond acceptors (Lipinski definition) is 6. The molecule has 0 aliphatic carbocycles. The molecule has 0 saturated carbocycles. The van der Waals surface area contributed by atoms with Gasteiger partial charge in [-0.05, 0) is 41.5 Å². The maximum absolute atomic E-state index is 12.3. The van der Waals surface area contributed by atoms with E-state index in [4.69, 9.17) is 9.47 Å². The first-order valence-corrected chi connectivity index (χ1v) is 10.4. The Morgan fingerprint density at radius 2 is 1.87 bits per heavy atom. The molecule has 1 amide bonds. The number of carbonyl (C=O) groups is 2. The van der Waals surface area contributed by atoms with Gasteiger partial charge in [-0.25, -0.2) is 0 Å². The van der Waals surface area contributed by atoms with Crippen LogP contribution in [-0.2, 0) is 27.4 Å². The van der Waals surface area contributed by atoms with Gasteiger partial charge in [0.2, 0.25) is 0 Å². The number of nitrogens with zero attached hydrogens (tertiary/aromatic N) is 2. The minimum Gasteiger partial charge on any atom is -0.497 e. The SMILES string of the molecule is COc1ccc2cc(CN(C)C(=O)COC(=O)CCn3c(C)csc3=O)ccc2c1. The molecule has 1 aromatic heterocycles. The van der Waals surface area contributed by atoms with Crippen LogP contribution in [0.3, 0.4) is 0 Å². The fraction of sp³-hybridized carbons (Fsp3) is 0.318. The van der Waals surface area contributed by atoms with Crippen LogP contribution in [0.2, 0.25) is 0 Å². The monoisotopic (exact) mass is 428 g/mol. The third kappa shape index (κ3) is 5.27. The second kappa shape index (κ2) is 9.58. The van der Waals surface area contributed by atoms with Crippen LogP contribution in [0.5, 0.6) is 5.75 Å². The Balaban J connectivity index is 1.50. The van der Waals surface area contributed by atoms with Gasteiger partial charge in [0.15, 0.2) is 6.61 Å². The number of carbonyl (C=O) groups excluding carboxylic acids is 2. The zero-order valence-electron chi connectivity index (χ0n) is 17.2. The zero-order chi connectivity index (χ0) is 21.7. The third-order valence-corrected chi connectivity index (χ3v) is 5.71. The molecular weight excluding hydrogens is 404 g/mol. The summed E-state index contributed by atoms with van der Waals surface area (Å²) in [6.07, 6.45) is 0.0443. The molecule has 158 valence electrons. The summed E-state index contributed by atoms with van der Waals surface area (Å²) in [7, 11) is 3.30. The summed E-state index contributed by atoms with van der Waals surface area (Å²) in [5.41, 5.74) is 1.78. The Labute approximate surface area is 178 Å². The first-order valence-electron chi connectivity index (χ1n) is 9.48. The Morgan fingerprint density at radius 3 is 2.57 bits per heavy atom. The van der Waals surface area contributed by atoms with E-state index < -0.39 is 5.97 Å². The van der Waals surface area contributed by atoms with Crippen molar-refractivity contribution in [2.45, 2.75) is 26.4 Å². The van der Waals surface area contributed by atoms with E-state index in [1.807, 2.05) is 43.3 Å². The summed E-state index contributed by atoms with van der Waals surface area (Å²) in [5, 5.41) is 3.86. The number of rotatable bonds is 8. The summed E-state index contributed by atoms with van der Waals surface area (Å²) in [6.45, 7) is 2.14. The lowest BCUT2D eigenvalue weighted by Crippen LogP contribution is -2.31. The normalized spacial score (nSPS) is 10.8. The number of benzene rings is 2. The number of fused-ring (bicyclic) bond motifs is 1. The Morgan fingerprint density at radius 1 is 1.13 bits per heavy atom. The van der Waals surface area contributed by atoms with Crippen molar-refractivity contribution in [3.05, 3.63) is 62.7 Å². The third-order valence-electron chi connectivity index (χ3n) is 4.83. The van der Waals surface area contributed by atoms with Gasteiger partial charge in [0.25, 0.3) is 5.91 Å². The Bertz CT molecular complexity index is 1120. The fourth-order valence-electron chi connectivity index (χ4n) is 3.06. The minimum atomic E-state index is -0.506. The molecule has 0 fully saturated rings. The van der Waals surface area contributed by atoms with Crippen molar-refractivity contribution in [2.24, 2.45) is 0 Å². The molecule has 0 atom stereocenters. The zero-order valence-corrected chi connectivity index (χ0v) is 18.0. The van der Waals surface area contributed by atoms with E-state index in [1.165, 1.54) is 9.47 Å². The molecule has 7 nitrogen and oxygen atoms in total. The molecular formula is C22H24N2O5S. The smallest absolute Gasteiger partial charge is 0.308 e. The molecule has 0 N–H and O–H groups in total. The van der Waals surface area contributed by atoms with Crippen LogP contribution >= 0.6 is 11.3 Å². The molecule has 3 aromatic rings. The van der Waals surface area contributed by atoms with E-state index in [-0.39, 0.29) is 30.4 Å². The summed E-state index contributed by atoms with van der Waals surface area (Å²) in [4.78, 5) is 37.3. The van der Waals surface area contributed by atoms with Crippen molar-refractivity contribution >= 4 is 34.0 Å². The van der Waals surface area contributed by atoms with E-state index >= 15 is 0 Å². The average Bonchev–Trinajstić information content (AvgIpc) is 3.07. The molecule has 0 aliphatic rings. The van der Waals surface area contributed by atoms with Gasteiger partial charge in [-0.2, -0.15) is 0 Å². The largest absolute Gasteiger partial charge is 0.497 e. The molecule has 0 spiro atoms. The van der Waals surface area contributed by atoms with Crippen molar-refractivity contribution in [1.29, 1.82) is 0 Å². The number of hydrogen-bond donors (Lipinski definition) is 0. The summed E-state index contributed by atoms with van der Waals surface area (Å²) >= 11 is 1.10. The number of thiazole rings is 1.